The van der Waals surface area contributed by atoms with Crippen molar-refractivity contribution < 1.29 is 17.5 Å². The quantitative estimate of drug-likeness (QED) is 0.567. The lowest BCUT2D eigenvalue weighted by atomic mass is 10.2. The van der Waals surface area contributed by atoms with E-state index in [1.54, 1.807) is 0 Å². The fourth-order valence-electron chi connectivity index (χ4n) is 1.63. The van der Waals surface area contributed by atoms with Crippen molar-refractivity contribution in [2.24, 2.45) is 0 Å². The molecule has 20 heavy (non-hydrogen) atoms. The van der Waals surface area contributed by atoms with Gasteiger partial charge in [0.1, 0.15) is 5.82 Å². The van der Waals surface area contributed by atoms with E-state index >= 15 is 0 Å². The van der Waals surface area contributed by atoms with Gasteiger partial charge in [0.25, 0.3) is 0 Å². The number of sulfonamides is 1. The van der Waals surface area contributed by atoms with Gasteiger partial charge in [0.15, 0.2) is 0 Å². The number of nitrogen functional groups attached to an aromatic ring is 1. The summed E-state index contributed by atoms with van der Waals surface area (Å²) in [5.74, 6) is -0.621. The number of hydrogen-bond acceptors (Lipinski definition) is 4. The molecule has 0 aliphatic heterocycles. The molecule has 0 spiro atoms. The number of unbranched alkanes of at least 4 members (excludes halogenated alkanes) is 1. The molecular formula is C13H21FN2O3S. The molecule has 0 saturated heterocycles. The highest BCUT2D eigenvalue weighted by Crippen LogP contribution is 2.21. The van der Waals surface area contributed by atoms with Crippen molar-refractivity contribution in [2.45, 2.75) is 31.6 Å². The molecule has 1 aromatic rings. The molecule has 0 saturated carbocycles. The predicted molar refractivity (Wildman–Crippen MR) is 76.5 cm³/mol. The van der Waals surface area contributed by atoms with Crippen LogP contribution >= 0.6 is 0 Å². The summed E-state index contributed by atoms with van der Waals surface area (Å²) in [6, 6.07) is 2.24. The maximum Gasteiger partial charge on any atom is 0.240 e. The molecule has 0 fully saturated rings. The first-order valence-electron chi connectivity index (χ1n) is 6.51. The molecule has 0 unspecified atom stereocenters. The molecule has 0 bridgehead atoms. The van der Waals surface area contributed by atoms with Gasteiger partial charge in [0.05, 0.1) is 17.2 Å². The Kier molecular flexibility index (Phi) is 6.38. The average Bonchev–Trinajstić information content (AvgIpc) is 2.37. The molecule has 0 atom stereocenters. The van der Waals surface area contributed by atoms with E-state index in [9.17, 15) is 12.8 Å². The van der Waals surface area contributed by atoms with Gasteiger partial charge >= 0.3 is 0 Å². The van der Waals surface area contributed by atoms with Crippen LogP contribution in [0.5, 0.6) is 0 Å². The number of rotatable bonds is 8. The number of nitrogens with two attached hydrogens (primary N) is 1. The number of ether oxygens (including phenoxy) is 1. The zero-order valence-electron chi connectivity index (χ0n) is 11.8. The van der Waals surface area contributed by atoms with Crippen molar-refractivity contribution in [3.05, 3.63) is 23.5 Å². The van der Waals surface area contributed by atoms with Crippen LogP contribution in [0.3, 0.4) is 0 Å². The highest BCUT2D eigenvalue weighted by atomic mass is 32.2. The topological polar surface area (TPSA) is 81.4 Å². The largest absolute Gasteiger partial charge is 0.396 e. The maximum atomic E-state index is 13.2. The summed E-state index contributed by atoms with van der Waals surface area (Å²) in [7, 11) is -3.70. The smallest absolute Gasteiger partial charge is 0.240 e. The molecule has 0 heterocycles. The normalized spacial score (nSPS) is 11.8. The summed E-state index contributed by atoms with van der Waals surface area (Å²) >= 11 is 0. The minimum Gasteiger partial charge on any atom is -0.396 e. The van der Waals surface area contributed by atoms with Crippen molar-refractivity contribution in [3.8, 4) is 0 Å². The second kappa shape index (κ2) is 7.56. The van der Waals surface area contributed by atoms with Gasteiger partial charge in [0, 0.05) is 13.2 Å². The van der Waals surface area contributed by atoms with Crippen LogP contribution in [0.1, 0.15) is 25.3 Å². The highest BCUT2D eigenvalue weighted by Gasteiger charge is 2.18. The molecule has 5 nitrogen and oxygen atoms in total. The van der Waals surface area contributed by atoms with Crippen LogP contribution in [0.4, 0.5) is 10.1 Å². The minimum atomic E-state index is -3.70. The molecule has 1 rings (SSSR count). The predicted octanol–water partition coefficient (Wildman–Crippen LogP) is 1.81. The van der Waals surface area contributed by atoms with Gasteiger partial charge in [-0.1, -0.05) is 13.3 Å². The summed E-state index contributed by atoms with van der Waals surface area (Å²) in [6.07, 6.45) is 1.97. The molecule has 0 amide bonds. The Morgan fingerprint density at radius 3 is 2.70 bits per heavy atom. The first-order chi connectivity index (χ1) is 9.38. The van der Waals surface area contributed by atoms with E-state index < -0.39 is 15.8 Å². The van der Waals surface area contributed by atoms with Crippen LogP contribution in [0.25, 0.3) is 0 Å². The van der Waals surface area contributed by atoms with Gasteiger partial charge in [-0.05, 0) is 31.0 Å². The van der Waals surface area contributed by atoms with Gasteiger partial charge < -0.3 is 10.5 Å². The minimum absolute atomic E-state index is 0.00930. The zero-order chi connectivity index (χ0) is 15.2. The molecular weight excluding hydrogens is 283 g/mol. The first-order valence-corrected chi connectivity index (χ1v) is 8.00. The summed E-state index contributed by atoms with van der Waals surface area (Å²) < 4.78 is 45.0. The maximum absolute atomic E-state index is 13.2. The van der Waals surface area contributed by atoms with Gasteiger partial charge in [-0.2, -0.15) is 0 Å². The summed E-state index contributed by atoms with van der Waals surface area (Å²) in [6.45, 7) is 4.65. The van der Waals surface area contributed by atoms with E-state index in [2.05, 4.69) is 4.72 Å². The van der Waals surface area contributed by atoms with Crippen molar-refractivity contribution in [2.75, 3.05) is 25.5 Å². The lowest BCUT2D eigenvalue weighted by Crippen LogP contribution is -2.28. The zero-order valence-corrected chi connectivity index (χ0v) is 12.6. The fraction of sp³-hybridized carbons (Fsp3) is 0.538. The van der Waals surface area contributed by atoms with Crippen LogP contribution in [0.15, 0.2) is 17.0 Å². The van der Waals surface area contributed by atoms with E-state index in [4.69, 9.17) is 10.5 Å². The molecule has 0 aliphatic carbocycles. The second-order valence-electron chi connectivity index (χ2n) is 4.50. The molecule has 3 N–H and O–H groups in total. The standard InChI is InChI=1S/C13H21FN2O3S/c1-3-4-6-19-7-5-16-20(17,18)13-9-12(15)11(14)8-10(13)2/h8-9,16H,3-7,15H2,1-2H3. The SMILES string of the molecule is CCCCOCCNS(=O)(=O)c1cc(N)c(F)cc1C. The Morgan fingerprint density at radius 2 is 2.05 bits per heavy atom. The molecule has 0 aliphatic rings. The average molecular weight is 304 g/mol. The van der Waals surface area contributed by atoms with E-state index in [1.165, 1.54) is 6.92 Å². The third-order valence-electron chi connectivity index (χ3n) is 2.76. The van der Waals surface area contributed by atoms with Crippen LogP contribution in [-0.4, -0.2) is 28.2 Å². The third kappa shape index (κ3) is 4.73. The number of anilines is 1. The van der Waals surface area contributed by atoms with Crippen molar-refractivity contribution in [3.63, 3.8) is 0 Å². The summed E-state index contributed by atoms with van der Waals surface area (Å²) in [5.41, 5.74) is 5.53. The van der Waals surface area contributed by atoms with Crippen molar-refractivity contribution in [1.29, 1.82) is 0 Å². The Hall–Kier alpha value is -1.18. The third-order valence-corrected chi connectivity index (χ3v) is 4.37. The second-order valence-corrected chi connectivity index (χ2v) is 6.24. The number of halogens is 1. The van der Waals surface area contributed by atoms with E-state index in [0.717, 1.165) is 25.0 Å². The molecule has 0 radical (unpaired) electrons. The number of hydrogen-bond donors (Lipinski definition) is 2. The van der Waals surface area contributed by atoms with Crippen LogP contribution < -0.4 is 10.5 Å². The first kappa shape index (κ1) is 16.9. The number of aryl methyl sites for hydroxylation is 1. The fourth-order valence-corrected chi connectivity index (χ4v) is 2.90. The highest BCUT2D eigenvalue weighted by molar-refractivity contribution is 7.89. The molecule has 1 aromatic carbocycles. The van der Waals surface area contributed by atoms with Crippen LogP contribution in [0, 0.1) is 12.7 Å². The van der Waals surface area contributed by atoms with Gasteiger partial charge in [0.2, 0.25) is 10.0 Å². The molecule has 114 valence electrons. The Morgan fingerprint density at radius 1 is 1.35 bits per heavy atom. The molecule has 0 aromatic heterocycles. The Labute approximate surface area is 119 Å². The lowest BCUT2D eigenvalue weighted by Gasteiger charge is -2.11. The van der Waals surface area contributed by atoms with Crippen LogP contribution in [-0.2, 0) is 14.8 Å². The van der Waals surface area contributed by atoms with Gasteiger partial charge in [-0.15, -0.1) is 0 Å². The van der Waals surface area contributed by atoms with Gasteiger partial charge in [-0.25, -0.2) is 17.5 Å². The van der Waals surface area contributed by atoms with Gasteiger partial charge in [-0.3, -0.25) is 0 Å². The Balaban J connectivity index is 2.63. The lowest BCUT2D eigenvalue weighted by molar-refractivity contribution is 0.136. The summed E-state index contributed by atoms with van der Waals surface area (Å²) in [5, 5.41) is 0. The monoisotopic (exact) mass is 304 g/mol. The van der Waals surface area contributed by atoms with Crippen molar-refractivity contribution in [1.82, 2.24) is 4.72 Å². The number of nitrogens with one attached hydrogen (secondary N) is 1. The Bertz CT molecular complexity index is 547. The molecule has 7 heteroatoms. The summed E-state index contributed by atoms with van der Waals surface area (Å²) in [4.78, 5) is -0.00930. The van der Waals surface area contributed by atoms with E-state index in [0.29, 0.717) is 18.8 Å². The van der Waals surface area contributed by atoms with Crippen LogP contribution in [0.2, 0.25) is 0 Å². The van der Waals surface area contributed by atoms with E-state index in [1.807, 2.05) is 6.92 Å². The van der Waals surface area contributed by atoms with E-state index in [-0.39, 0.29) is 17.1 Å². The van der Waals surface area contributed by atoms with Crippen molar-refractivity contribution >= 4 is 15.7 Å². The number of benzene rings is 1.